The van der Waals surface area contributed by atoms with E-state index in [2.05, 4.69) is 22.0 Å². The maximum absolute atomic E-state index is 5.96. The van der Waals surface area contributed by atoms with Crippen LogP contribution in [0.2, 0.25) is 0 Å². The van der Waals surface area contributed by atoms with Crippen LogP contribution in [-0.4, -0.2) is 6.61 Å². The van der Waals surface area contributed by atoms with E-state index in [4.69, 9.17) is 10.5 Å². The molecule has 1 aromatic carbocycles. The van der Waals surface area contributed by atoms with E-state index in [9.17, 15) is 0 Å². The third-order valence-electron chi connectivity index (χ3n) is 2.38. The van der Waals surface area contributed by atoms with Crippen LogP contribution >= 0.6 is 28.3 Å². The van der Waals surface area contributed by atoms with Crippen molar-refractivity contribution in [2.45, 2.75) is 19.4 Å². The van der Waals surface area contributed by atoms with Crippen molar-refractivity contribution >= 4 is 28.3 Å². The Kier molecular flexibility index (Phi) is 3.81. The molecule has 0 aromatic heterocycles. The van der Waals surface area contributed by atoms with Gasteiger partial charge in [0.2, 0.25) is 0 Å². The molecule has 1 atom stereocenters. The van der Waals surface area contributed by atoms with Gasteiger partial charge in [0.05, 0.1) is 6.61 Å². The Morgan fingerprint density at radius 3 is 2.93 bits per heavy atom. The summed E-state index contributed by atoms with van der Waals surface area (Å²) in [6.07, 6.45) is 0.905. The third-order valence-corrected chi connectivity index (χ3v) is 3.23. The molecule has 0 bridgehead atoms. The Hall–Kier alpha value is -0.250. The molecule has 1 heterocycles. The second kappa shape index (κ2) is 4.51. The summed E-state index contributed by atoms with van der Waals surface area (Å²) in [6.45, 7) is 2.78. The molecule has 2 N–H and O–H groups in total. The van der Waals surface area contributed by atoms with Gasteiger partial charge in [-0.05, 0) is 24.6 Å². The van der Waals surface area contributed by atoms with Crippen LogP contribution in [0.15, 0.2) is 16.6 Å². The van der Waals surface area contributed by atoms with Crippen LogP contribution in [0.4, 0.5) is 0 Å². The first kappa shape index (κ1) is 11.8. The van der Waals surface area contributed by atoms with E-state index in [1.807, 2.05) is 13.0 Å². The largest absolute Gasteiger partial charge is 0.493 e. The normalized spacial score (nSPS) is 19.2. The van der Waals surface area contributed by atoms with E-state index in [-0.39, 0.29) is 18.4 Å². The zero-order valence-corrected chi connectivity index (χ0v) is 10.3. The molecule has 0 saturated heterocycles. The van der Waals surface area contributed by atoms with E-state index >= 15 is 0 Å². The van der Waals surface area contributed by atoms with Crippen LogP contribution in [0.1, 0.15) is 23.6 Å². The Balaban J connectivity index is 0.000000980. The SMILES string of the molecule is Cc1cc2c(cc1Br)[C@H](N)CCO2.Cl. The molecule has 0 saturated carbocycles. The van der Waals surface area contributed by atoms with E-state index < -0.39 is 0 Å². The van der Waals surface area contributed by atoms with E-state index in [0.29, 0.717) is 0 Å². The van der Waals surface area contributed by atoms with Crippen molar-refractivity contribution in [3.63, 3.8) is 0 Å². The first-order valence-corrected chi connectivity index (χ1v) is 5.16. The number of hydrogen-bond acceptors (Lipinski definition) is 2. The molecule has 78 valence electrons. The van der Waals surface area contributed by atoms with Crippen molar-refractivity contribution in [1.82, 2.24) is 0 Å². The second-order valence-electron chi connectivity index (χ2n) is 3.38. The number of ether oxygens (including phenoxy) is 1. The molecule has 0 aliphatic carbocycles. The Morgan fingerprint density at radius 1 is 1.50 bits per heavy atom. The van der Waals surface area contributed by atoms with Gasteiger partial charge in [-0.1, -0.05) is 15.9 Å². The van der Waals surface area contributed by atoms with Crippen molar-refractivity contribution in [2.24, 2.45) is 5.73 Å². The van der Waals surface area contributed by atoms with Crippen LogP contribution in [0.25, 0.3) is 0 Å². The van der Waals surface area contributed by atoms with Gasteiger partial charge in [-0.25, -0.2) is 0 Å². The predicted octanol–water partition coefficient (Wildman–Crippen LogP) is 2.96. The van der Waals surface area contributed by atoms with E-state index in [1.165, 1.54) is 5.56 Å². The summed E-state index contributed by atoms with van der Waals surface area (Å²) < 4.78 is 6.63. The monoisotopic (exact) mass is 277 g/mol. The fourth-order valence-electron chi connectivity index (χ4n) is 1.54. The van der Waals surface area contributed by atoms with Gasteiger partial charge in [0.15, 0.2) is 0 Å². The molecule has 0 unspecified atom stereocenters. The number of halogens is 2. The van der Waals surface area contributed by atoms with Crippen LogP contribution in [0, 0.1) is 6.92 Å². The molecule has 2 nitrogen and oxygen atoms in total. The summed E-state index contributed by atoms with van der Waals surface area (Å²) in [5.74, 6) is 0.944. The van der Waals surface area contributed by atoms with Gasteiger partial charge < -0.3 is 10.5 Å². The predicted molar refractivity (Wildman–Crippen MR) is 63.2 cm³/mol. The smallest absolute Gasteiger partial charge is 0.124 e. The number of aryl methyl sites for hydroxylation is 1. The summed E-state index contributed by atoms with van der Waals surface area (Å²) in [6, 6.07) is 4.23. The standard InChI is InChI=1S/C10H12BrNO.ClH/c1-6-4-10-7(5-8(6)11)9(12)2-3-13-10;/h4-5,9H,2-3,12H2,1H3;1H/t9-;/m1./s1. The average molecular weight is 279 g/mol. The fraction of sp³-hybridized carbons (Fsp3) is 0.400. The lowest BCUT2D eigenvalue weighted by atomic mass is 10.0. The summed E-state index contributed by atoms with van der Waals surface area (Å²) in [5.41, 5.74) is 8.27. The highest BCUT2D eigenvalue weighted by atomic mass is 79.9. The molecule has 14 heavy (non-hydrogen) atoms. The minimum atomic E-state index is 0. The van der Waals surface area contributed by atoms with Crippen LogP contribution < -0.4 is 10.5 Å². The van der Waals surface area contributed by atoms with Gasteiger partial charge in [-0.2, -0.15) is 0 Å². The summed E-state index contributed by atoms with van der Waals surface area (Å²) in [7, 11) is 0. The molecule has 2 rings (SSSR count). The molecular weight excluding hydrogens is 265 g/mol. The quantitative estimate of drug-likeness (QED) is 0.792. The Bertz CT molecular complexity index is 343. The number of nitrogens with two attached hydrogens (primary N) is 1. The van der Waals surface area contributed by atoms with E-state index in [0.717, 1.165) is 28.8 Å². The molecule has 4 heteroatoms. The number of rotatable bonds is 0. The Morgan fingerprint density at radius 2 is 2.21 bits per heavy atom. The van der Waals surface area contributed by atoms with Crippen molar-refractivity contribution < 1.29 is 4.74 Å². The number of hydrogen-bond donors (Lipinski definition) is 1. The van der Waals surface area contributed by atoms with Gasteiger partial charge in [0, 0.05) is 22.5 Å². The van der Waals surface area contributed by atoms with Gasteiger partial charge in [-0.3, -0.25) is 0 Å². The number of benzene rings is 1. The fourth-order valence-corrected chi connectivity index (χ4v) is 1.90. The lowest BCUT2D eigenvalue weighted by Crippen LogP contribution is -2.20. The number of fused-ring (bicyclic) bond motifs is 1. The second-order valence-corrected chi connectivity index (χ2v) is 4.24. The van der Waals surface area contributed by atoms with Gasteiger partial charge in [-0.15, -0.1) is 12.4 Å². The topological polar surface area (TPSA) is 35.2 Å². The summed E-state index contributed by atoms with van der Waals surface area (Å²) >= 11 is 3.49. The highest BCUT2D eigenvalue weighted by molar-refractivity contribution is 9.10. The third kappa shape index (κ3) is 2.05. The minimum absolute atomic E-state index is 0. The highest BCUT2D eigenvalue weighted by Gasteiger charge is 2.18. The van der Waals surface area contributed by atoms with Crippen LogP contribution in [0.3, 0.4) is 0 Å². The highest BCUT2D eigenvalue weighted by Crippen LogP contribution is 2.34. The average Bonchev–Trinajstić information content (AvgIpc) is 2.09. The summed E-state index contributed by atoms with van der Waals surface area (Å²) in [5, 5.41) is 0. The zero-order chi connectivity index (χ0) is 9.42. The van der Waals surface area contributed by atoms with Gasteiger partial charge in [0.1, 0.15) is 5.75 Å². The van der Waals surface area contributed by atoms with Crippen LogP contribution in [-0.2, 0) is 0 Å². The lowest BCUT2D eigenvalue weighted by Gasteiger charge is -2.23. The van der Waals surface area contributed by atoms with Gasteiger partial charge in [0.25, 0.3) is 0 Å². The molecule has 0 spiro atoms. The van der Waals surface area contributed by atoms with Crippen molar-refractivity contribution in [3.8, 4) is 5.75 Å². The molecule has 0 fully saturated rings. The molecule has 1 aromatic rings. The zero-order valence-electron chi connectivity index (χ0n) is 7.92. The van der Waals surface area contributed by atoms with Crippen molar-refractivity contribution in [2.75, 3.05) is 6.61 Å². The minimum Gasteiger partial charge on any atom is -0.493 e. The molecule has 0 radical (unpaired) electrons. The van der Waals surface area contributed by atoms with Crippen molar-refractivity contribution in [1.29, 1.82) is 0 Å². The maximum atomic E-state index is 5.96. The maximum Gasteiger partial charge on any atom is 0.124 e. The molecule has 1 aliphatic heterocycles. The molecule has 0 amide bonds. The first-order chi connectivity index (χ1) is 6.18. The van der Waals surface area contributed by atoms with Crippen LogP contribution in [0.5, 0.6) is 5.75 Å². The molecular formula is C10H13BrClNO. The van der Waals surface area contributed by atoms with Crippen molar-refractivity contribution in [3.05, 3.63) is 27.7 Å². The van der Waals surface area contributed by atoms with E-state index in [1.54, 1.807) is 0 Å². The Labute approximate surface area is 98.4 Å². The lowest BCUT2D eigenvalue weighted by molar-refractivity contribution is 0.268. The van der Waals surface area contributed by atoms with Gasteiger partial charge >= 0.3 is 0 Å². The molecule has 1 aliphatic rings. The first-order valence-electron chi connectivity index (χ1n) is 4.37. The summed E-state index contributed by atoms with van der Waals surface area (Å²) in [4.78, 5) is 0.